The Balaban J connectivity index is 2.08. The number of sulfonamides is 1. The van der Waals surface area contributed by atoms with Crippen molar-refractivity contribution >= 4 is 10.0 Å². The Morgan fingerprint density at radius 2 is 1.90 bits per heavy atom. The Morgan fingerprint density at radius 1 is 1.35 bits per heavy atom. The first-order valence-electron chi connectivity index (χ1n) is 6.80. The van der Waals surface area contributed by atoms with Crippen LogP contribution in [-0.2, 0) is 10.0 Å². The fourth-order valence-electron chi connectivity index (χ4n) is 2.43. The summed E-state index contributed by atoms with van der Waals surface area (Å²) in [5, 5.41) is 9.25. The van der Waals surface area contributed by atoms with Gasteiger partial charge in [-0.3, -0.25) is 0 Å². The van der Waals surface area contributed by atoms with Gasteiger partial charge in [-0.2, -0.15) is 0 Å². The molecule has 1 atom stereocenters. The summed E-state index contributed by atoms with van der Waals surface area (Å²) in [6.07, 6.45) is 1.11. The Bertz CT molecular complexity index is 548. The standard InChI is InChI=1S/C14H22N2O3S/c1-10(15)12-3-5-14(6-4-12)20(18,19)16(2)9-11-7-13(17)8-11/h3-6,10-11,13,17H,7-9,15H2,1-2H3. The van der Waals surface area contributed by atoms with Crippen molar-refractivity contribution in [2.75, 3.05) is 13.6 Å². The van der Waals surface area contributed by atoms with Crippen molar-refractivity contribution in [1.29, 1.82) is 0 Å². The monoisotopic (exact) mass is 298 g/mol. The molecule has 1 saturated carbocycles. The lowest BCUT2D eigenvalue weighted by atomic mass is 9.82. The van der Waals surface area contributed by atoms with Crippen LogP contribution < -0.4 is 5.73 Å². The second kappa shape index (κ2) is 5.81. The van der Waals surface area contributed by atoms with Crippen LogP contribution in [0.5, 0.6) is 0 Å². The van der Waals surface area contributed by atoms with E-state index < -0.39 is 10.0 Å². The molecule has 2 rings (SSSR count). The van der Waals surface area contributed by atoms with Crippen LogP contribution in [0.2, 0.25) is 0 Å². The average Bonchev–Trinajstić information content (AvgIpc) is 2.36. The van der Waals surface area contributed by atoms with Gasteiger partial charge in [-0.05, 0) is 43.4 Å². The van der Waals surface area contributed by atoms with Gasteiger partial charge in [0, 0.05) is 19.6 Å². The Morgan fingerprint density at radius 3 is 2.35 bits per heavy atom. The van der Waals surface area contributed by atoms with E-state index in [1.165, 1.54) is 4.31 Å². The SMILES string of the molecule is CC(N)c1ccc(S(=O)(=O)N(C)CC2CC(O)C2)cc1. The normalized spacial score (nSPS) is 24.4. The predicted molar refractivity (Wildman–Crippen MR) is 77.6 cm³/mol. The quantitative estimate of drug-likeness (QED) is 0.852. The van der Waals surface area contributed by atoms with Crippen LogP contribution in [0, 0.1) is 5.92 Å². The van der Waals surface area contributed by atoms with E-state index in [1.54, 1.807) is 31.3 Å². The number of rotatable bonds is 5. The van der Waals surface area contributed by atoms with E-state index in [0.717, 1.165) is 5.56 Å². The molecule has 0 amide bonds. The van der Waals surface area contributed by atoms with Gasteiger partial charge in [-0.25, -0.2) is 12.7 Å². The molecule has 0 saturated heterocycles. The molecule has 5 nitrogen and oxygen atoms in total. The van der Waals surface area contributed by atoms with Gasteiger partial charge >= 0.3 is 0 Å². The third-order valence-corrected chi connectivity index (χ3v) is 5.68. The summed E-state index contributed by atoms with van der Waals surface area (Å²) in [5.74, 6) is 0.258. The van der Waals surface area contributed by atoms with Crippen molar-refractivity contribution < 1.29 is 13.5 Å². The van der Waals surface area contributed by atoms with E-state index in [2.05, 4.69) is 0 Å². The lowest BCUT2D eigenvalue weighted by molar-refractivity contribution is 0.0367. The molecule has 0 radical (unpaired) electrons. The molecule has 20 heavy (non-hydrogen) atoms. The van der Waals surface area contributed by atoms with E-state index in [0.29, 0.717) is 19.4 Å². The Labute approximate surface area is 120 Å². The second-order valence-electron chi connectivity index (χ2n) is 5.63. The smallest absolute Gasteiger partial charge is 0.242 e. The van der Waals surface area contributed by atoms with E-state index in [-0.39, 0.29) is 23.0 Å². The minimum Gasteiger partial charge on any atom is -0.393 e. The van der Waals surface area contributed by atoms with Crippen LogP contribution in [0.25, 0.3) is 0 Å². The summed E-state index contributed by atoms with van der Waals surface area (Å²) < 4.78 is 26.2. The summed E-state index contributed by atoms with van der Waals surface area (Å²) in [4.78, 5) is 0.282. The first kappa shape index (κ1) is 15.4. The number of aliphatic hydroxyl groups is 1. The van der Waals surface area contributed by atoms with Gasteiger partial charge in [0.15, 0.2) is 0 Å². The molecule has 1 fully saturated rings. The molecule has 112 valence electrons. The first-order chi connectivity index (χ1) is 9.30. The van der Waals surface area contributed by atoms with Gasteiger partial charge in [0.2, 0.25) is 10.0 Å². The molecule has 1 aliphatic rings. The van der Waals surface area contributed by atoms with Crippen LogP contribution in [-0.4, -0.2) is 37.5 Å². The van der Waals surface area contributed by atoms with Crippen molar-refractivity contribution in [2.24, 2.45) is 11.7 Å². The number of benzene rings is 1. The summed E-state index contributed by atoms with van der Waals surface area (Å²) in [5.41, 5.74) is 6.66. The van der Waals surface area contributed by atoms with Crippen molar-refractivity contribution in [2.45, 2.75) is 36.8 Å². The molecular weight excluding hydrogens is 276 g/mol. The van der Waals surface area contributed by atoms with E-state index in [1.807, 2.05) is 6.92 Å². The third kappa shape index (κ3) is 3.20. The molecule has 1 aromatic carbocycles. The van der Waals surface area contributed by atoms with Crippen molar-refractivity contribution in [1.82, 2.24) is 4.31 Å². The number of nitrogens with zero attached hydrogens (tertiary/aromatic N) is 1. The van der Waals surface area contributed by atoms with Crippen molar-refractivity contribution in [3.05, 3.63) is 29.8 Å². The van der Waals surface area contributed by atoms with E-state index in [9.17, 15) is 13.5 Å². The summed E-state index contributed by atoms with van der Waals surface area (Å²) in [6.45, 7) is 2.31. The highest BCUT2D eigenvalue weighted by molar-refractivity contribution is 7.89. The van der Waals surface area contributed by atoms with Crippen LogP contribution >= 0.6 is 0 Å². The molecule has 3 N–H and O–H groups in total. The number of hydrogen-bond acceptors (Lipinski definition) is 4. The maximum Gasteiger partial charge on any atom is 0.242 e. The fourth-order valence-corrected chi connectivity index (χ4v) is 3.68. The summed E-state index contributed by atoms with van der Waals surface area (Å²) >= 11 is 0. The molecule has 0 aromatic heterocycles. The average molecular weight is 298 g/mol. The maximum absolute atomic E-state index is 12.4. The van der Waals surface area contributed by atoms with Gasteiger partial charge in [-0.1, -0.05) is 12.1 Å². The molecule has 0 aliphatic heterocycles. The number of aliphatic hydroxyl groups excluding tert-OH is 1. The molecule has 0 bridgehead atoms. The zero-order valence-electron chi connectivity index (χ0n) is 11.9. The highest BCUT2D eigenvalue weighted by atomic mass is 32.2. The zero-order valence-corrected chi connectivity index (χ0v) is 12.7. The molecule has 0 spiro atoms. The molecule has 1 aromatic rings. The zero-order chi connectivity index (χ0) is 14.9. The number of nitrogens with two attached hydrogens (primary N) is 1. The molecular formula is C14H22N2O3S. The molecule has 1 aliphatic carbocycles. The van der Waals surface area contributed by atoms with Crippen molar-refractivity contribution in [3.63, 3.8) is 0 Å². The number of hydrogen-bond donors (Lipinski definition) is 2. The van der Waals surface area contributed by atoms with Crippen LogP contribution in [0.1, 0.15) is 31.4 Å². The lowest BCUT2D eigenvalue weighted by Gasteiger charge is -2.34. The van der Waals surface area contributed by atoms with E-state index >= 15 is 0 Å². The summed E-state index contributed by atoms with van der Waals surface area (Å²) in [6, 6.07) is 6.58. The minimum absolute atomic E-state index is 0.110. The Kier molecular flexibility index (Phi) is 4.49. The fraction of sp³-hybridized carbons (Fsp3) is 0.571. The molecule has 0 heterocycles. The third-order valence-electron chi connectivity index (χ3n) is 3.84. The van der Waals surface area contributed by atoms with Crippen molar-refractivity contribution in [3.8, 4) is 0 Å². The van der Waals surface area contributed by atoms with Crippen LogP contribution in [0.15, 0.2) is 29.2 Å². The van der Waals surface area contributed by atoms with Gasteiger partial charge in [0.05, 0.1) is 11.0 Å². The molecule has 6 heteroatoms. The van der Waals surface area contributed by atoms with Gasteiger partial charge in [-0.15, -0.1) is 0 Å². The second-order valence-corrected chi connectivity index (χ2v) is 7.68. The lowest BCUT2D eigenvalue weighted by Crippen LogP contribution is -2.39. The predicted octanol–water partition coefficient (Wildman–Crippen LogP) is 1.10. The first-order valence-corrected chi connectivity index (χ1v) is 8.24. The highest BCUT2D eigenvalue weighted by Gasteiger charge is 2.31. The van der Waals surface area contributed by atoms with E-state index in [4.69, 9.17) is 5.73 Å². The topological polar surface area (TPSA) is 83.6 Å². The van der Waals surface area contributed by atoms with Gasteiger partial charge in [0.1, 0.15) is 0 Å². The maximum atomic E-state index is 12.4. The molecule has 1 unspecified atom stereocenters. The highest BCUT2D eigenvalue weighted by Crippen LogP contribution is 2.29. The largest absolute Gasteiger partial charge is 0.393 e. The van der Waals surface area contributed by atoms with Gasteiger partial charge in [0.25, 0.3) is 0 Å². The van der Waals surface area contributed by atoms with Crippen LogP contribution in [0.3, 0.4) is 0 Å². The summed E-state index contributed by atoms with van der Waals surface area (Å²) in [7, 11) is -1.88. The Hall–Kier alpha value is -0.950. The minimum atomic E-state index is -3.46. The van der Waals surface area contributed by atoms with Gasteiger partial charge < -0.3 is 10.8 Å². The van der Waals surface area contributed by atoms with Crippen LogP contribution in [0.4, 0.5) is 0 Å².